The summed E-state index contributed by atoms with van der Waals surface area (Å²) in [4.78, 5) is 14.2. The minimum Gasteiger partial charge on any atom is -0.351 e. The van der Waals surface area contributed by atoms with Crippen molar-refractivity contribution in [1.82, 2.24) is 14.5 Å². The molecule has 0 aromatic heterocycles. The smallest absolute Gasteiger partial charge is 0.251 e. The van der Waals surface area contributed by atoms with Crippen LogP contribution >= 0.6 is 12.4 Å². The Morgan fingerprint density at radius 2 is 1.63 bits per heavy atom. The van der Waals surface area contributed by atoms with Crippen LogP contribution in [0.15, 0.2) is 48.5 Å². The van der Waals surface area contributed by atoms with Crippen LogP contribution in [0.5, 0.6) is 0 Å². The zero-order valence-corrected chi connectivity index (χ0v) is 17.9. The van der Waals surface area contributed by atoms with E-state index in [1.165, 1.54) is 9.87 Å². The van der Waals surface area contributed by atoms with Crippen molar-refractivity contribution >= 4 is 28.3 Å². The minimum absolute atomic E-state index is 0. The molecule has 1 amide bonds. The Hall–Kier alpha value is -2.07. The van der Waals surface area contributed by atoms with Gasteiger partial charge in [0, 0.05) is 44.8 Å². The molecule has 0 aliphatic carbocycles. The molecule has 0 atom stereocenters. The summed E-state index contributed by atoms with van der Waals surface area (Å²) in [5.41, 5.74) is 1.12. The molecule has 0 spiro atoms. The third kappa shape index (κ3) is 6.46. The van der Waals surface area contributed by atoms with Crippen LogP contribution in [0.1, 0.15) is 15.9 Å². The number of carbonyl (C=O) groups excluding carboxylic acids is 1. The first-order valence-corrected chi connectivity index (χ1v) is 10.9. The molecule has 6 nitrogen and oxygen atoms in total. The van der Waals surface area contributed by atoms with Crippen molar-refractivity contribution in [1.29, 1.82) is 0 Å². The predicted molar refractivity (Wildman–Crippen MR) is 113 cm³/mol. The molecule has 1 N–H and O–H groups in total. The fraction of sp³-hybridized carbons (Fsp3) is 0.350. The quantitative estimate of drug-likeness (QED) is 0.689. The maximum atomic E-state index is 13.2. The zero-order valence-electron chi connectivity index (χ0n) is 16.3. The minimum atomic E-state index is -3.51. The largest absolute Gasteiger partial charge is 0.351 e. The molecule has 2 aromatic carbocycles. The summed E-state index contributed by atoms with van der Waals surface area (Å²) in [5.74, 6) is -3.07. The maximum Gasteiger partial charge on any atom is 0.251 e. The Morgan fingerprint density at radius 3 is 2.27 bits per heavy atom. The van der Waals surface area contributed by atoms with E-state index in [0.29, 0.717) is 26.2 Å². The predicted octanol–water partition coefficient (Wildman–Crippen LogP) is 2.26. The van der Waals surface area contributed by atoms with Gasteiger partial charge < -0.3 is 5.32 Å². The second-order valence-corrected chi connectivity index (χ2v) is 8.95. The van der Waals surface area contributed by atoms with Crippen molar-refractivity contribution < 1.29 is 22.0 Å². The van der Waals surface area contributed by atoms with Gasteiger partial charge in [0.2, 0.25) is 10.0 Å². The molecular weight excluding hydrogens is 436 g/mol. The number of halogens is 3. The second kappa shape index (κ2) is 10.8. The lowest BCUT2D eigenvalue weighted by atomic mass is 10.2. The highest BCUT2D eigenvalue weighted by molar-refractivity contribution is 7.89. The zero-order chi connectivity index (χ0) is 20.9. The Morgan fingerprint density at radius 1 is 0.967 bits per heavy atom. The lowest BCUT2D eigenvalue weighted by Gasteiger charge is -2.34. The molecule has 1 aliphatic heterocycles. The van der Waals surface area contributed by atoms with Crippen LogP contribution in [-0.2, 0) is 16.6 Å². The van der Waals surface area contributed by atoms with Crippen molar-refractivity contribution in [3.63, 3.8) is 0 Å². The van der Waals surface area contributed by atoms with Gasteiger partial charge in [-0.2, -0.15) is 4.31 Å². The third-order valence-electron chi connectivity index (χ3n) is 4.80. The molecule has 1 heterocycles. The first-order valence-electron chi connectivity index (χ1n) is 9.32. The molecule has 2 aromatic rings. The highest BCUT2D eigenvalue weighted by Crippen LogP contribution is 2.12. The number of nitrogens with one attached hydrogen (secondary N) is 1. The normalized spacial score (nSPS) is 15.4. The highest BCUT2D eigenvalue weighted by atomic mass is 35.5. The van der Waals surface area contributed by atoms with E-state index in [4.69, 9.17) is 0 Å². The Labute approximate surface area is 181 Å². The van der Waals surface area contributed by atoms with Gasteiger partial charge in [-0.3, -0.25) is 9.69 Å². The van der Waals surface area contributed by atoms with Gasteiger partial charge in [-0.15, -0.1) is 12.4 Å². The summed E-state index contributed by atoms with van der Waals surface area (Å²) >= 11 is 0. The van der Waals surface area contributed by atoms with Crippen molar-refractivity contribution in [2.45, 2.75) is 6.54 Å². The number of benzene rings is 2. The number of hydrogen-bond acceptors (Lipinski definition) is 4. The maximum absolute atomic E-state index is 13.2. The van der Waals surface area contributed by atoms with Crippen LogP contribution in [0.25, 0.3) is 0 Å². The molecule has 0 unspecified atom stereocenters. The number of rotatable bonds is 7. The number of carbonyl (C=O) groups is 1. The Balaban J connectivity index is 0.00000320. The number of amides is 1. The third-order valence-corrected chi connectivity index (χ3v) is 6.67. The van der Waals surface area contributed by atoms with Crippen LogP contribution in [-0.4, -0.2) is 62.0 Å². The first-order chi connectivity index (χ1) is 13.8. The molecule has 0 saturated carbocycles. The summed E-state index contributed by atoms with van der Waals surface area (Å²) < 4.78 is 52.6. The van der Waals surface area contributed by atoms with Gasteiger partial charge in [0.1, 0.15) is 0 Å². The first kappa shape index (κ1) is 24.2. The SMILES string of the molecule is Cl.O=C(NCCS(=O)(=O)N1CCN(Cc2ccccc2)CC1)c1ccc(F)c(F)c1. The summed E-state index contributed by atoms with van der Waals surface area (Å²) in [6, 6.07) is 12.8. The van der Waals surface area contributed by atoms with Crippen LogP contribution in [0, 0.1) is 11.6 Å². The van der Waals surface area contributed by atoms with Crippen molar-refractivity contribution in [2.75, 3.05) is 38.5 Å². The molecule has 164 valence electrons. The average molecular weight is 460 g/mol. The van der Waals surface area contributed by atoms with Gasteiger partial charge in [0.15, 0.2) is 11.6 Å². The van der Waals surface area contributed by atoms with E-state index in [9.17, 15) is 22.0 Å². The summed E-state index contributed by atoms with van der Waals surface area (Å²) in [7, 11) is -3.51. The molecular formula is C20H24ClF2N3O3S. The monoisotopic (exact) mass is 459 g/mol. The van der Waals surface area contributed by atoms with Crippen LogP contribution in [0.2, 0.25) is 0 Å². The lowest BCUT2D eigenvalue weighted by molar-refractivity contribution is 0.0955. The molecule has 1 aliphatic rings. The summed E-state index contributed by atoms with van der Waals surface area (Å²) in [6.45, 7) is 2.73. The number of sulfonamides is 1. The topological polar surface area (TPSA) is 69.7 Å². The molecule has 0 radical (unpaired) electrons. The van der Waals surface area contributed by atoms with Gasteiger partial charge in [0.05, 0.1) is 5.75 Å². The number of piperazine rings is 1. The molecule has 3 rings (SSSR count). The summed E-state index contributed by atoms with van der Waals surface area (Å²) in [5, 5.41) is 2.44. The molecule has 1 fully saturated rings. The van der Waals surface area contributed by atoms with Gasteiger partial charge in [0.25, 0.3) is 5.91 Å². The van der Waals surface area contributed by atoms with E-state index in [1.54, 1.807) is 0 Å². The van der Waals surface area contributed by atoms with Crippen LogP contribution < -0.4 is 5.32 Å². The molecule has 1 saturated heterocycles. The Kier molecular flexibility index (Phi) is 8.72. The average Bonchev–Trinajstić information content (AvgIpc) is 2.71. The standard InChI is InChI=1S/C20H23F2N3O3S.ClH/c21-18-7-6-17(14-19(18)22)20(26)23-8-13-29(27,28)25-11-9-24(10-12-25)15-16-4-2-1-3-5-16;/h1-7,14H,8-13,15H2,(H,23,26);1H. The van der Waals surface area contributed by atoms with E-state index < -0.39 is 27.6 Å². The van der Waals surface area contributed by atoms with Crippen LogP contribution in [0.4, 0.5) is 8.78 Å². The van der Waals surface area contributed by atoms with Gasteiger partial charge >= 0.3 is 0 Å². The number of hydrogen-bond donors (Lipinski definition) is 1. The lowest BCUT2D eigenvalue weighted by Crippen LogP contribution is -2.49. The Bertz CT molecular complexity index is 953. The summed E-state index contributed by atoms with van der Waals surface area (Å²) in [6.07, 6.45) is 0. The fourth-order valence-electron chi connectivity index (χ4n) is 3.17. The van der Waals surface area contributed by atoms with E-state index in [0.717, 1.165) is 24.7 Å². The van der Waals surface area contributed by atoms with E-state index in [2.05, 4.69) is 10.2 Å². The van der Waals surface area contributed by atoms with Crippen LogP contribution in [0.3, 0.4) is 0 Å². The van der Waals surface area contributed by atoms with E-state index >= 15 is 0 Å². The van der Waals surface area contributed by atoms with Gasteiger partial charge in [-0.05, 0) is 23.8 Å². The van der Waals surface area contributed by atoms with E-state index in [1.807, 2.05) is 30.3 Å². The van der Waals surface area contributed by atoms with E-state index in [-0.39, 0.29) is 30.3 Å². The second-order valence-electron chi connectivity index (χ2n) is 6.86. The van der Waals surface area contributed by atoms with Gasteiger partial charge in [-0.25, -0.2) is 17.2 Å². The fourth-order valence-corrected chi connectivity index (χ4v) is 4.51. The number of nitrogens with zero attached hydrogens (tertiary/aromatic N) is 2. The highest BCUT2D eigenvalue weighted by Gasteiger charge is 2.26. The van der Waals surface area contributed by atoms with Crippen molar-refractivity contribution in [3.05, 3.63) is 71.3 Å². The van der Waals surface area contributed by atoms with Crippen molar-refractivity contribution in [2.24, 2.45) is 0 Å². The van der Waals surface area contributed by atoms with Crippen molar-refractivity contribution in [3.8, 4) is 0 Å². The van der Waals surface area contributed by atoms with Gasteiger partial charge in [-0.1, -0.05) is 30.3 Å². The molecule has 30 heavy (non-hydrogen) atoms. The molecule has 0 bridgehead atoms. The molecule has 10 heteroatoms.